The molecule has 6 heteroatoms. The van der Waals surface area contributed by atoms with Crippen LogP contribution >= 0.6 is 0 Å². The number of nitrogens with one attached hydrogen (secondary N) is 1. The molecule has 1 aliphatic rings. The van der Waals surface area contributed by atoms with Crippen molar-refractivity contribution < 1.29 is 14.0 Å². The van der Waals surface area contributed by atoms with E-state index in [-0.39, 0.29) is 17.4 Å². The highest BCUT2D eigenvalue weighted by Crippen LogP contribution is 2.20. The van der Waals surface area contributed by atoms with Crippen LogP contribution in [-0.4, -0.2) is 35.3 Å². The molecule has 1 fully saturated rings. The second-order valence-electron chi connectivity index (χ2n) is 4.62. The first-order chi connectivity index (χ1) is 8.43. The Kier molecular flexibility index (Phi) is 2.94. The molecule has 1 aliphatic heterocycles. The Balaban J connectivity index is 2.30. The molecule has 2 amide bonds. The molecule has 0 bridgehead atoms. The summed E-state index contributed by atoms with van der Waals surface area (Å²) < 4.78 is 4.66. The smallest absolute Gasteiger partial charge is 0.335 e. The van der Waals surface area contributed by atoms with Crippen LogP contribution in [0.15, 0.2) is 27.6 Å². The molecule has 0 spiro atoms. The van der Waals surface area contributed by atoms with Crippen molar-refractivity contribution in [2.24, 2.45) is 0 Å². The minimum atomic E-state index is -0.911. The summed E-state index contributed by atoms with van der Waals surface area (Å²) in [5, 5.41) is 2.71. The van der Waals surface area contributed by atoms with Gasteiger partial charge in [0.2, 0.25) is 5.91 Å². The van der Waals surface area contributed by atoms with Crippen molar-refractivity contribution in [1.29, 1.82) is 0 Å². The average molecular weight is 250 g/mol. The third-order valence-electron chi connectivity index (χ3n) is 3.04. The van der Waals surface area contributed by atoms with Crippen molar-refractivity contribution in [2.45, 2.75) is 19.4 Å². The van der Waals surface area contributed by atoms with E-state index in [1.54, 1.807) is 13.8 Å². The Morgan fingerprint density at radius 1 is 1.39 bits per heavy atom. The van der Waals surface area contributed by atoms with E-state index in [1.807, 2.05) is 0 Å². The summed E-state index contributed by atoms with van der Waals surface area (Å²) in [4.78, 5) is 36.3. The van der Waals surface area contributed by atoms with E-state index in [2.05, 4.69) is 9.73 Å². The SMILES string of the molecule is CC1(C)C(=O)NCCN1C(=O)c1ccc(=O)oc1. The van der Waals surface area contributed by atoms with Crippen molar-refractivity contribution >= 4 is 11.8 Å². The van der Waals surface area contributed by atoms with Crippen molar-refractivity contribution in [1.82, 2.24) is 10.2 Å². The molecule has 1 saturated heterocycles. The van der Waals surface area contributed by atoms with Crippen LogP contribution in [0.4, 0.5) is 0 Å². The van der Waals surface area contributed by atoms with E-state index in [0.717, 1.165) is 6.26 Å². The molecule has 0 aliphatic carbocycles. The predicted octanol–water partition coefficient (Wildman–Crippen LogP) is -0.00960. The van der Waals surface area contributed by atoms with Crippen LogP contribution in [0.1, 0.15) is 24.2 Å². The van der Waals surface area contributed by atoms with E-state index in [9.17, 15) is 14.4 Å². The lowest BCUT2D eigenvalue weighted by Gasteiger charge is -2.41. The van der Waals surface area contributed by atoms with Gasteiger partial charge >= 0.3 is 5.63 Å². The number of amides is 2. The average Bonchev–Trinajstić information content (AvgIpc) is 2.33. The monoisotopic (exact) mass is 250 g/mol. The fourth-order valence-corrected chi connectivity index (χ4v) is 1.89. The van der Waals surface area contributed by atoms with Crippen LogP contribution in [0.3, 0.4) is 0 Å². The number of hydrogen-bond donors (Lipinski definition) is 1. The Morgan fingerprint density at radius 3 is 2.72 bits per heavy atom. The molecule has 96 valence electrons. The summed E-state index contributed by atoms with van der Waals surface area (Å²) in [5.74, 6) is -0.516. The summed E-state index contributed by atoms with van der Waals surface area (Å²) in [6, 6.07) is 2.58. The number of rotatable bonds is 1. The first kappa shape index (κ1) is 12.3. The lowest BCUT2D eigenvalue weighted by Crippen LogP contribution is -2.63. The maximum Gasteiger partial charge on any atom is 0.335 e. The standard InChI is InChI=1S/C12H14N2O4/c1-12(2)11(17)13-5-6-14(12)10(16)8-3-4-9(15)18-7-8/h3-4,7H,5-6H2,1-2H3,(H,13,17). The van der Waals surface area contributed by atoms with Crippen molar-refractivity contribution in [3.05, 3.63) is 34.4 Å². The fraction of sp³-hybridized carbons (Fsp3) is 0.417. The summed E-state index contributed by atoms with van der Waals surface area (Å²) in [6.07, 6.45) is 1.12. The highest BCUT2D eigenvalue weighted by Gasteiger charge is 2.40. The summed E-state index contributed by atoms with van der Waals surface area (Å²) >= 11 is 0. The van der Waals surface area contributed by atoms with Gasteiger partial charge in [-0.25, -0.2) is 4.79 Å². The summed E-state index contributed by atoms with van der Waals surface area (Å²) in [5.41, 5.74) is -1.16. The highest BCUT2D eigenvalue weighted by molar-refractivity contribution is 5.99. The van der Waals surface area contributed by atoms with Crippen molar-refractivity contribution in [3.8, 4) is 0 Å². The van der Waals surface area contributed by atoms with Gasteiger partial charge in [0.05, 0.1) is 5.56 Å². The molecule has 1 aromatic rings. The van der Waals surface area contributed by atoms with Crippen LogP contribution in [0.25, 0.3) is 0 Å². The summed E-state index contributed by atoms with van der Waals surface area (Å²) in [7, 11) is 0. The van der Waals surface area contributed by atoms with Crippen LogP contribution < -0.4 is 10.9 Å². The van der Waals surface area contributed by atoms with Crippen LogP contribution in [0, 0.1) is 0 Å². The van der Waals surface area contributed by atoms with Gasteiger partial charge < -0.3 is 14.6 Å². The molecule has 0 saturated carbocycles. The van der Waals surface area contributed by atoms with Gasteiger partial charge in [-0.15, -0.1) is 0 Å². The fourth-order valence-electron chi connectivity index (χ4n) is 1.89. The first-order valence-corrected chi connectivity index (χ1v) is 5.62. The molecule has 1 N–H and O–H groups in total. The third-order valence-corrected chi connectivity index (χ3v) is 3.04. The zero-order valence-electron chi connectivity index (χ0n) is 10.2. The quantitative estimate of drug-likeness (QED) is 0.760. The Bertz CT molecular complexity index is 527. The molecular formula is C12H14N2O4. The molecule has 0 atom stereocenters. The number of hydrogen-bond acceptors (Lipinski definition) is 4. The van der Waals surface area contributed by atoms with Gasteiger partial charge in [-0.3, -0.25) is 9.59 Å². The molecule has 2 rings (SSSR count). The number of piperazine rings is 1. The maximum absolute atomic E-state index is 12.3. The van der Waals surface area contributed by atoms with Crippen molar-refractivity contribution in [3.63, 3.8) is 0 Å². The van der Waals surface area contributed by atoms with Gasteiger partial charge in [-0.2, -0.15) is 0 Å². The van der Waals surface area contributed by atoms with Crippen molar-refractivity contribution in [2.75, 3.05) is 13.1 Å². The minimum absolute atomic E-state index is 0.195. The zero-order chi connectivity index (χ0) is 13.3. The van der Waals surface area contributed by atoms with Gasteiger partial charge in [0.15, 0.2) is 0 Å². The van der Waals surface area contributed by atoms with Crippen LogP contribution in [0.2, 0.25) is 0 Å². The summed E-state index contributed by atoms with van der Waals surface area (Å²) in [6.45, 7) is 4.21. The van der Waals surface area contributed by atoms with E-state index < -0.39 is 11.2 Å². The second kappa shape index (κ2) is 4.29. The largest absolute Gasteiger partial charge is 0.430 e. The van der Waals surface area contributed by atoms with Gasteiger partial charge in [-0.05, 0) is 19.9 Å². The lowest BCUT2D eigenvalue weighted by molar-refractivity contribution is -0.133. The third kappa shape index (κ3) is 2.01. The molecule has 6 nitrogen and oxygen atoms in total. The molecule has 0 aromatic carbocycles. The molecule has 2 heterocycles. The minimum Gasteiger partial charge on any atom is -0.430 e. The normalized spacial score (nSPS) is 18.3. The number of carbonyl (C=O) groups is 2. The maximum atomic E-state index is 12.3. The zero-order valence-corrected chi connectivity index (χ0v) is 10.2. The van der Waals surface area contributed by atoms with Gasteiger partial charge in [-0.1, -0.05) is 0 Å². The number of carbonyl (C=O) groups excluding carboxylic acids is 2. The Morgan fingerprint density at radius 2 is 2.11 bits per heavy atom. The van der Waals surface area contributed by atoms with Gasteiger partial charge in [0, 0.05) is 19.2 Å². The predicted molar refractivity (Wildman–Crippen MR) is 63.1 cm³/mol. The lowest BCUT2D eigenvalue weighted by atomic mass is 9.98. The van der Waals surface area contributed by atoms with E-state index >= 15 is 0 Å². The highest BCUT2D eigenvalue weighted by atomic mass is 16.4. The van der Waals surface area contributed by atoms with E-state index in [1.165, 1.54) is 17.0 Å². The van der Waals surface area contributed by atoms with E-state index in [0.29, 0.717) is 13.1 Å². The molecule has 0 radical (unpaired) electrons. The van der Waals surface area contributed by atoms with Gasteiger partial charge in [0.1, 0.15) is 11.8 Å². The first-order valence-electron chi connectivity index (χ1n) is 5.62. The van der Waals surface area contributed by atoms with E-state index in [4.69, 9.17) is 0 Å². The topological polar surface area (TPSA) is 79.6 Å². The van der Waals surface area contributed by atoms with Gasteiger partial charge in [0.25, 0.3) is 5.91 Å². The Labute approximate surface area is 104 Å². The molecular weight excluding hydrogens is 236 g/mol. The van der Waals surface area contributed by atoms with Crippen LogP contribution in [-0.2, 0) is 4.79 Å². The number of nitrogens with zero attached hydrogens (tertiary/aromatic N) is 1. The molecule has 18 heavy (non-hydrogen) atoms. The Hall–Kier alpha value is -2.11. The second-order valence-corrected chi connectivity index (χ2v) is 4.62. The molecule has 0 unspecified atom stereocenters. The van der Waals surface area contributed by atoms with Crippen LogP contribution in [0.5, 0.6) is 0 Å². The molecule has 1 aromatic heterocycles.